The van der Waals surface area contributed by atoms with E-state index in [-0.39, 0.29) is 30.9 Å². The van der Waals surface area contributed by atoms with Crippen LogP contribution in [0.4, 0.5) is 14.5 Å². The Morgan fingerprint density at radius 3 is 2.89 bits per heavy atom. The van der Waals surface area contributed by atoms with Crippen LogP contribution in [0, 0.1) is 0 Å². The fourth-order valence-corrected chi connectivity index (χ4v) is 3.58. The predicted molar refractivity (Wildman–Crippen MR) is 106 cm³/mol. The molecule has 2 N–H and O–H groups in total. The molecule has 1 aromatic heterocycles. The number of benzene rings is 1. The SMILES string of the molecule is Cl.O=C(CN1CCNCC1c1cccnc1)Nc1ccccc1SC(F)F. The Morgan fingerprint density at radius 1 is 1.33 bits per heavy atom. The average molecular weight is 415 g/mol. The molecule has 0 saturated carbocycles. The number of pyridine rings is 1. The molecule has 0 spiro atoms. The monoisotopic (exact) mass is 414 g/mol. The van der Waals surface area contributed by atoms with E-state index in [1.165, 1.54) is 0 Å². The molecule has 3 rings (SSSR count). The lowest BCUT2D eigenvalue weighted by molar-refractivity contribution is -0.118. The standard InChI is InChI=1S/C18H20F2N4OS.ClH/c19-18(20)26-16-6-2-1-5-14(16)23-17(25)12-24-9-8-22-11-15(24)13-4-3-7-21-10-13;/h1-7,10,15,18,22H,8-9,11-12H2,(H,23,25);1H. The third-order valence-corrected chi connectivity index (χ3v) is 4.94. The lowest BCUT2D eigenvalue weighted by Crippen LogP contribution is -2.48. The van der Waals surface area contributed by atoms with Gasteiger partial charge in [0, 0.05) is 43.0 Å². The molecule has 2 aromatic rings. The van der Waals surface area contributed by atoms with Crippen LogP contribution in [-0.4, -0.2) is 47.7 Å². The van der Waals surface area contributed by atoms with Gasteiger partial charge in [-0.3, -0.25) is 14.7 Å². The summed E-state index contributed by atoms with van der Waals surface area (Å²) in [5.74, 6) is -2.75. The van der Waals surface area contributed by atoms with Crippen molar-refractivity contribution in [3.05, 3.63) is 54.4 Å². The van der Waals surface area contributed by atoms with Gasteiger partial charge in [-0.2, -0.15) is 8.78 Å². The Labute approximate surface area is 167 Å². The molecule has 0 radical (unpaired) electrons. The van der Waals surface area contributed by atoms with E-state index in [9.17, 15) is 13.6 Å². The number of nitrogens with zero attached hydrogens (tertiary/aromatic N) is 2. The van der Waals surface area contributed by atoms with Crippen molar-refractivity contribution in [3.8, 4) is 0 Å². The van der Waals surface area contributed by atoms with Gasteiger partial charge in [-0.25, -0.2) is 0 Å². The van der Waals surface area contributed by atoms with E-state index < -0.39 is 5.76 Å². The van der Waals surface area contributed by atoms with Crippen molar-refractivity contribution in [2.45, 2.75) is 16.7 Å². The molecule has 1 atom stereocenters. The number of piperazine rings is 1. The third-order valence-electron chi connectivity index (χ3n) is 4.15. The molecule has 5 nitrogen and oxygen atoms in total. The van der Waals surface area contributed by atoms with Crippen molar-refractivity contribution in [2.75, 3.05) is 31.5 Å². The highest BCUT2D eigenvalue weighted by Crippen LogP contribution is 2.31. The van der Waals surface area contributed by atoms with Crippen LogP contribution in [-0.2, 0) is 4.79 Å². The van der Waals surface area contributed by atoms with Crippen LogP contribution in [0.15, 0.2) is 53.7 Å². The summed E-state index contributed by atoms with van der Waals surface area (Å²) in [5.41, 5.74) is 1.46. The Hall–Kier alpha value is -1.74. The van der Waals surface area contributed by atoms with Gasteiger partial charge < -0.3 is 10.6 Å². The first-order chi connectivity index (χ1) is 12.6. The van der Waals surface area contributed by atoms with E-state index in [0.29, 0.717) is 22.3 Å². The van der Waals surface area contributed by atoms with E-state index in [4.69, 9.17) is 0 Å². The molecule has 1 unspecified atom stereocenters. The minimum atomic E-state index is -2.53. The van der Waals surface area contributed by atoms with Crippen LogP contribution < -0.4 is 10.6 Å². The molecule has 0 aliphatic carbocycles. The third kappa shape index (κ3) is 6.14. The van der Waals surface area contributed by atoms with E-state index in [2.05, 4.69) is 20.5 Å². The molecule has 0 bridgehead atoms. The van der Waals surface area contributed by atoms with Gasteiger partial charge in [0.15, 0.2) is 0 Å². The second kappa shape index (κ2) is 10.6. The number of alkyl halides is 2. The molecule has 1 aromatic carbocycles. The summed E-state index contributed by atoms with van der Waals surface area (Å²) >= 11 is 0.431. The fourth-order valence-electron chi connectivity index (χ4n) is 2.98. The number of aromatic nitrogens is 1. The largest absolute Gasteiger partial charge is 0.324 e. The first-order valence-electron chi connectivity index (χ1n) is 8.32. The van der Waals surface area contributed by atoms with Crippen molar-refractivity contribution in [1.29, 1.82) is 0 Å². The first-order valence-corrected chi connectivity index (χ1v) is 9.20. The Kier molecular flexibility index (Phi) is 8.43. The summed E-state index contributed by atoms with van der Waals surface area (Å²) < 4.78 is 25.4. The number of hydrogen-bond donors (Lipinski definition) is 2. The highest BCUT2D eigenvalue weighted by atomic mass is 35.5. The Balaban J connectivity index is 0.00000261. The van der Waals surface area contributed by atoms with Gasteiger partial charge >= 0.3 is 0 Å². The lowest BCUT2D eigenvalue weighted by Gasteiger charge is -2.35. The summed E-state index contributed by atoms with van der Waals surface area (Å²) in [4.78, 5) is 19.1. The quantitative estimate of drug-likeness (QED) is 0.709. The zero-order valence-corrected chi connectivity index (χ0v) is 16.1. The normalized spacial score (nSPS) is 17.4. The van der Waals surface area contributed by atoms with Crippen molar-refractivity contribution in [1.82, 2.24) is 15.2 Å². The number of carbonyl (C=O) groups is 1. The molecule has 1 amide bonds. The summed E-state index contributed by atoms with van der Waals surface area (Å²) in [6, 6.07) is 10.5. The molecule has 2 heterocycles. The molecule has 27 heavy (non-hydrogen) atoms. The van der Waals surface area contributed by atoms with Crippen molar-refractivity contribution >= 4 is 35.8 Å². The zero-order valence-electron chi connectivity index (χ0n) is 14.5. The maximum absolute atomic E-state index is 12.7. The molecular weight excluding hydrogens is 394 g/mol. The highest BCUT2D eigenvalue weighted by Gasteiger charge is 2.26. The zero-order chi connectivity index (χ0) is 18.4. The minimum absolute atomic E-state index is 0. The van der Waals surface area contributed by atoms with Gasteiger partial charge in [-0.05, 0) is 23.8 Å². The number of thioether (sulfide) groups is 1. The summed E-state index contributed by atoms with van der Waals surface area (Å²) in [5, 5.41) is 6.09. The van der Waals surface area contributed by atoms with Crippen molar-refractivity contribution in [3.63, 3.8) is 0 Å². The number of rotatable bonds is 6. The number of hydrogen-bond acceptors (Lipinski definition) is 5. The van der Waals surface area contributed by atoms with Gasteiger partial charge in [0.25, 0.3) is 5.76 Å². The molecule has 146 valence electrons. The molecule has 9 heteroatoms. The Morgan fingerprint density at radius 2 is 2.15 bits per heavy atom. The van der Waals surface area contributed by atoms with Crippen molar-refractivity contribution < 1.29 is 13.6 Å². The number of carbonyl (C=O) groups excluding carboxylic acids is 1. The number of nitrogens with one attached hydrogen (secondary N) is 2. The van der Waals surface area contributed by atoms with Gasteiger partial charge in [-0.15, -0.1) is 12.4 Å². The molecule has 1 aliphatic heterocycles. The van der Waals surface area contributed by atoms with Crippen molar-refractivity contribution in [2.24, 2.45) is 0 Å². The molecule has 1 aliphatic rings. The topological polar surface area (TPSA) is 57.3 Å². The van der Waals surface area contributed by atoms with E-state index in [1.807, 2.05) is 12.1 Å². The van der Waals surface area contributed by atoms with Gasteiger partial charge in [0.05, 0.1) is 12.2 Å². The number of anilines is 1. The van der Waals surface area contributed by atoms with Crippen LogP contribution in [0.3, 0.4) is 0 Å². The van der Waals surface area contributed by atoms with E-state index >= 15 is 0 Å². The van der Waals surface area contributed by atoms with Crippen LogP contribution >= 0.6 is 24.2 Å². The summed E-state index contributed by atoms with van der Waals surface area (Å²) in [6.45, 7) is 2.44. The lowest BCUT2D eigenvalue weighted by atomic mass is 10.1. The van der Waals surface area contributed by atoms with Crippen LogP contribution in [0.25, 0.3) is 0 Å². The van der Waals surface area contributed by atoms with Crippen LogP contribution in [0.2, 0.25) is 0 Å². The number of para-hydroxylation sites is 1. The second-order valence-electron chi connectivity index (χ2n) is 5.90. The first kappa shape index (κ1) is 21.6. The van der Waals surface area contributed by atoms with Gasteiger partial charge in [0.1, 0.15) is 0 Å². The fraction of sp³-hybridized carbons (Fsp3) is 0.333. The van der Waals surface area contributed by atoms with Crippen LogP contribution in [0.1, 0.15) is 11.6 Å². The second-order valence-corrected chi connectivity index (χ2v) is 6.93. The number of halogens is 3. The maximum Gasteiger partial charge on any atom is 0.288 e. The Bertz CT molecular complexity index is 738. The maximum atomic E-state index is 12.7. The van der Waals surface area contributed by atoms with E-state index in [1.54, 1.807) is 36.7 Å². The molecule has 1 saturated heterocycles. The molecule has 1 fully saturated rings. The average Bonchev–Trinajstić information content (AvgIpc) is 2.64. The predicted octanol–water partition coefficient (Wildman–Crippen LogP) is 3.40. The van der Waals surface area contributed by atoms with Gasteiger partial charge in [-0.1, -0.05) is 30.0 Å². The van der Waals surface area contributed by atoms with Gasteiger partial charge in [0.2, 0.25) is 5.91 Å². The van der Waals surface area contributed by atoms with Crippen LogP contribution in [0.5, 0.6) is 0 Å². The number of amides is 1. The van der Waals surface area contributed by atoms with E-state index in [0.717, 1.165) is 25.2 Å². The highest BCUT2D eigenvalue weighted by molar-refractivity contribution is 7.99. The smallest absolute Gasteiger partial charge is 0.288 e. The summed E-state index contributed by atoms with van der Waals surface area (Å²) in [6.07, 6.45) is 3.52. The molecular formula is C18H21ClF2N4OS. The minimum Gasteiger partial charge on any atom is -0.324 e. The summed E-state index contributed by atoms with van der Waals surface area (Å²) in [7, 11) is 0.